The van der Waals surface area contributed by atoms with Crippen LogP contribution in [0.1, 0.15) is 5.56 Å². The summed E-state index contributed by atoms with van der Waals surface area (Å²) >= 11 is 6.64. The molecule has 0 spiro atoms. The summed E-state index contributed by atoms with van der Waals surface area (Å²) in [6.07, 6.45) is 0. The third-order valence-electron chi connectivity index (χ3n) is 1.23. The smallest absolute Gasteiger partial charge is 0.0203 e. The second kappa shape index (κ2) is 4.33. The molecule has 0 aromatic heterocycles. The number of hydrogen-bond acceptors (Lipinski definition) is 1. The highest BCUT2D eigenvalue weighted by Gasteiger charge is 1.88. The molecule has 0 aliphatic heterocycles. The highest BCUT2D eigenvalue weighted by Crippen LogP contribution is 2.16. The molecule has 0 aliphatic rings. The Bertz CT molecular complexity index is 279. The molecular formula is C9H7ClS. The normalized spacial score (nSPS) is 8.55. The van der Waals surface area contributed by atoms with Gasteiger partial charge in [-0.2, -0.15) is 0 Å². The third kappa shape index (κ3) is 2.88. The molecule has 56 valence electrons. The standard InChI is InChI=1S/C9H7ClS/c1-8-2-4-9(5-3-8)11-7-6-10/h2-5H,1H3. The molecule has 0 amide bonds. The van der Waals surface area contributed by atoms with Crippen LogP contribution in [0.5, 0.6) is 0 Å². The van der Waals surface area contributed by atoms with Gasteiger partial charge in [0, 0.05) is 10.3 Å². The van der Waals surface area contributed by atoms with E-state index in [1.165, 1.54) is 17.3 Å². The van der Waals surface area contributed by atoms with Crippen molar-refractivity contribution in [1.29, 1.82) is 0 Å². The fourth-order valence-electron chi connectivity index (χ4n) is 0.685. The zero-order valence-corrected chi connectivity index (χ0v) is 7.67. The third-order valence-corrected chi connectivity index (χ3v) is 2.15. The molecule has 0 N–H and O–H groups in total. The summed E-state index contributed by atoms with van der Waals surface area (Å²) in [5, 5.41) is 5.03. The van der Waals surface area contributed by atoms with Crippen molar-refractivity contribution in [3.05, 3.63) is 29.8 Å². The summed E-state index contributed by atoms with van der Waals surface area (Å²) in [7, 11) is 0. The predicted molar refractivity (Wildman–Crippen MR) is 50.7 cm³/mol. The van der Waals surface area contributed by atoms with Crippen LogP contribution in [0.3, 0.4) is 0 Å². The highest BCUT2D eigenvalue weighted by atomic mass is 35.5. The Hall–Kier alpha value is -0.580. The van der Waals surface area contributed by atoms with E-state index in [1.807, 2.05) is 12.1 Å². The molecule has 0 aliphatic carbocycles. The van der Waals surface area contributed by atoms with Gasteiger partial charge < -0.3 is 0 Å². The first-order valence-electron chi connectivity index (χ1n) is 3.17. The maximum atomic E-state index is 5.20. The van der Waals surface area contributed by atoms with Crippen LogP contribution in [-0.4, -0.2) is 0 Å². The van der Waals surface area contributed by atoms with Crippen molar-refractivity contribution in [2.45, 2.75) is 11.8 Å². The lowest BCUT2D eigenvalue weighted by atomic mass is 10.2. The second-order valence-corrected chi connectivity index (χ2v) is 3.18. The maximum absolute atomic E-state index is 5.20. The van der Waals surface area contributed by atoms with Gasteiger partial charge in [-0.3, -0.25) is 0 Å². The Morgan fingerprint density at radius 2 is 1.91 bits per heavy atom. The SMILES string of the molecule is Cc1ccc(SC#CCl)cc1. The summed E-state index contributed by atoms with van der Waals surface area (Å²) in [5.41, 5.74) is 1.26. The molecule has 1 aromatic rings. The number of halogens is 1. The van der Waals surface area contributed by atoms with Crippen LogP contribution in [0.4, 0.5) is 0 Å². The van der Waals surface area contributed by atoms with E-state index in [2.05, 4.69) is 29.7 Å². The van der Waals surface area contributed by atoms with Crippen LogP contribution in [-0.2, 0) is 0 Å². The summed E-state index contributed by atoms with van der Waals surface area (Å²) in [6, 6.07) is 8.17. The Kier molecular flexibility index (Phi) is 3.35. The molecule has 0 saturated carbocycles. The number of rotatable bonds is 1. The van der Waals surface area contributed by atoms with Crippen LogP contribution >= 0.6 is 23.4 Å². The van der Waals surface area contributed by atoms with Crippen molar-refractivity contribution in [2.24, 2.45) is 0 Å². The van der Waals surface area contributed by atoms with Crippen LogP contribution in [0.15, 0.2) is 29.2 Å². The van der Waals surface area contributed by atoms with Crippen LogP contribution in [0.25, 0.3) is 0 Å². The number of aryl methyl sites for hydroxylation is 1. The van der Waals surface area contributed by atoms with Crippen LogP contribution in [0.2, 0.25) is 0 Å². The summed E-state index contributed by atoms with van der Waals surface area (Å²) < 4.78 is 0. The van der Waals surface area contributed by atoms with Gasteiger partial charge in [0.05, 0.1) is 0 Å². The van der Waals surface area contributed by atoms with Gasteiger partial charge in [-0.25, -0.2) is 0 Å². The zero-order valence-electron chi connectivity index (χ0n) is 6.10. The first-order chi connectivity index (χ1) is 5.33. The molecule has 0 bridgehead atoms. The molecule has 11 heavy (non-hydrogen) atoms. The van der Waals surface area contributed by atoms with Crippen molar-refractivity contribution < 1.29 is 0 Å². The Morgan fingerprint density at radius 3 is 2.45 bits per heavy atom. The van der Waals surface area contributed by atoms with Gasteiger partial charge in [-0.05, 0) is 47.7 Å². The van der Waals surface area contributed by atoms with Crippen molar-refractivity contribution in [1.82, 2.24) is 0 Å². The molecule has 0 radical (unpaired) electrons. The lowest BCUT2D eigenvalue weighted by Crippen LogP contribution is -1.70. The zero-order chi connectivity index (χ0) is 8.10. The van der Waals surface area contributed by atoms with Gasteiger partial charge in [0.2, 0.25) is 0 Å². The molecule has 0 fully saturated rings. The lowest BCUT2D eigenvalue weighted by molar-refractivity contribution is 1.38. The van der Waals surface area contributed by atoms with Crippen LogP contribution in [0, 0.1) is 17.6 Å². The first kappa shape index (κ1) is 8.52. The maximum Gasteiger partial charge on any atom is 0.0203 e. The quantitative estimate of drug-likeness (QED) is 0.475. The molecular weight excluding hydrogens is 176 g/mol. The molecule has 2 heteroatoms. The second-order valence-electron chi connectivity index (χ2n) is 2.11. The minimum Gasteiger partial charge on any atom is -0.0582 e. The number of thioether (sulfide) groups is 1. The summed E-state index contributed by atoms with van der Waals surface area (Å²) in [6.45, 7) is 2.06. The van der Waals surface area contributed by atoms with Gasteiger partial charge in [0.25, 0.3) is 0 Å². The Labute approximate surface area is 76.0 Å². The average molecular weight is 183 g/mol. The van der Waals surface area contributed by atoms with Gasteiger partial charge in [-0.1, -0.05) is 17.7 Å². The monoisotopic (exact) mass is 182 g/mol. The van der Waals surface area contributed by atoms with E-state index in [1.54, 1.807) is 0 Å². The van der Waals surface area contributed by atoms with E-state index in [0.717, 1.165) is 4.90 Å². The molecule has 0 atom stereocenters. The molecule has 0 nitrogen and oxygen atoms in total. The molecule has 1 aromatic carbocycles. The van der Waals surface area contributed by atoms with Gasteiger partial charge in [-0.15, -0.1) is 0 Å². The van der Waals surface area contributed by atoms with Crippen molar-refractivity contribution >= 4 is 23.4 Å². The van der Waals surface area contributed by atoms with Crippen molar-refractivity contribution in [2.75, 3.05) is 0 Å². The minimum atomic E-state index is 1.13. The fourth-order valence-corrected chi connectivity index (χ4v) is 1.23. The first-order valence-corrected chi connectivity index (χ1v) is 4.36. The lowest BCUT2D eigenvalue weighted by Gasteiger charge is -1.93. The van der Waals surface area contributed by atoms with E-state index >= 15 is 0 Å². The Balaban J connectivity index is 2.71. The van der Waals surface area contributed by atoms with E-state index in [9.17, 15) is 0 Å². The predicted octanol–water partition coefficient (Wildman–Crippen LogP) is 3.24. The van der Waals surface area contributed by atoms with E-state index in [4.69, 9.17) is 11.6 Å². The number of hydrogen-bond donors (Lipinski definition) is 0. The fraction of sp³-hybridized carbons (Fsp3) is 0.111. The molecule has 1 rings (SSSR count). The van der Waals surface area contributed by atoms with Gasteiger partial charge >= 0.3 is 0 Å². The molecule has 0 heterocycles. The minimum absolute atomic E-state index is 1.13. The Morgan fingerprint density at radius 1 is 1.27 bits per heavy atom. The van der Waals surface area contributed by atoms with Crippen molar-refractivity contribution in [3.63, 3.8) is 0 Å². The van der Waals surface area contributed by atoms with E-state index < -0.39 is 0 Å². The average Bonchev–Trinajstić information content (AvgIpc) is 2.04. The van der Waals surface area contributed by atoms with Crippen LogP contribution < -0.4 is 0 Å². The summed E-state index contributed by atoms with van der Waals surface area (Å²) in [5.74, 6) is 0. The number of benzene rings is 1. The van der Waals surface area contributed by atoms with Gasteiger partial charge in [0.1, 0.15) is 0 Å². The topological polar surface area (TPSA) is 0 Å². The van der Waals surface area contributed by atoms with E-state index in [0.29, 0.717) is 0 Å². The van der Waals surface area contributed by atoms with Crippen molar-refractivity contribution in [3.8, 4) is 10.6 Å². The molecule has 0 saturated heterocycles. The molecule has 0 unspecified atom stereocenters. The van der Waals surface area contributed by atoms with Gasteiger partial charge in [0.15, 0.2) is 0 Å². The summed E-state index contributed by atoms with van der Waals surface area (Å²) in [4.78, 5) is 1.13. The van der Waals surface area contributed by atoms with E-state index in [-0.39, 0.29) is 0 Å². The highest BCUT2D eigenvalue weighted by molar-refractivity contribution is 8.04. The largest absolute Gasteiger partial charge is 0.0582 e.